The number of amides is 1. The minimum Gasteiger partial charge on any atom is -0.484 e. The van der Waals surface area contributed by atoms with Crippen LogP contribution >= 0.6 is 27.3 Å². The van der Waals surface area contributed by atoms with Crippen LogP contribution in [0.3, 0.4) is 0 Å². The molecule has 1 aliphatic carbocycles. The monoisotopic (exact) mass is 479 g/mol. The molecular formula is C22H26BrNO4S. The van der Waals surface area contributed by atoms with Crippen LogP contribution in [0.15, 0.2) is 28.7 Å². The van der Waals surface area contributed by atoms with E-state index in [-0.39, 0.29) is 17.9 Å². The number of methoxy groups -OCH3 is 1. The standard InChI is InChI=1S/C22H26BrNO4S/c1-22(2,3)13-5-10-16-17(11-13)29-20(19(16)21(26)27-4)24-18(25)12-28-15-8-6-14(23)7-9-15/h6-9,13H,5,10-12H2,1-4H3,(H,24,25). The van der Waals surface area contributed by atoms with Crippen molar-refractivity contribution in [3.63, 3.8) is 0 Å². The van der Waals surface area contributed by atoms with Crippen LogP contribution in [0.4, 0.5) is 5.00 Å². The van der Waals surface area contributed by atoms with Crippen molar-refractivity contribution in [2.45, 2.75) is 40.0 Å². The van der Waals surface area contributed by atoms with Gasteiger partial charge in [-0.1, -0.05) is 36.7 Å². The first-order chi connectivity index (χ1) is 13.7. The molecule has 1 aliphatic rings. The second kappa shape index (κ2) is 8.88. The average molecular weight is 480 g/mol. The number of halogens is 1. The normalized spacial score (nSPS) is 16.1. The number of carbonyl (C=O) groups excluding carboxylic acids is 2. The first-order valence-electron chi connectivity index (χ1n) is 9.60. The van der Waals surface area contributed by atoms with E-state index in [0.717, 1.165) is 29.3 Å². The van der Waals surface area contributed by atoms with Crippen molar-refractivity contribution < 1.29 is 19.1 Å². The lowest BCUT2D eigenvalue weighted by atomic mass is 9.72. The van der Waals surface area contributed by atoms with Gasteiger partial charge in [0.25, 0.3) is 5.91 Å². The topological polar surface area (TPSA) is 64.6 Å². The Labute approximate surface area is 183 Å². The molecule has 0 bridgehead atoms. The van der Waals surface area contributed by atoms with Crippen molar-refractivity contribution in [1.82, 2.24) is 0 Å². The Bertz CT molecular complexity index is 899. The lowest BCUT2D eigenvalue weighted by molar-refractivity contribution is -0.118. The van der Waals surface area contributed by atoms with Crippen LogP contribution < -0.4 is 10.1 Å². The summed E-state index contributed by atoms with van der Waals surface area (Å²) in [5.74, 6) is 0.448. The average Bonchev–Trinajstić information content (AvgIpc) is 3.03. The van der Waals surface area contributed by atoms with Crippen molar-refractivity contribution in [3.05, 3.63) is 44.7 Å². The van der Waals surface area contributed by atoms with E-state index in [9.17, 15) is 9.59 Å². The molecule has 1 amide bonds. The third-order valence-electron chi connectivity index (χ3n) is 5.32. The van der Waals surface area contributed by atoms with Crippen molar-refractivity contribution >= 4 is 44.1 Å². The number of carbonyl (C=O) groups is 2. The molecule has 1 N–H and O–H groups in total. The van der Waals surface area contributed by atoms with E-state index < -0.39 is 5.97 Å². The summed E-state index contributed by atoms with van der Waals surface area (Å²) in [6, 6.07) is 7.27. The quantitative estimate of drug-likeness (QED) is 0.577. The SMILES string of the molecule is COC(=O)c1c(NC(=O)COc2ccc(Br)cc2)sc2c1CCC(C(C)(C)C)C2. The van der Waals surface area contributed by atoms with Gasteiger partial charge in [0, 0.05) is 9.35 Å². The summed E-state index contributed by atoms with van der Waals surface area (Å²) in [6.45, 7) is 6.62. The highest BCUT2D eigenvalue weighted by molar-refractivity contribution is 9.10. The van der Waals surface area contributed by atoms with Gasteiger partial charge >= 0.3 is 5.97 Å². The summed E-state index contributed by atoms with van der Waals surface area (Å²) in [6.07, 6.45) is 2.76. The number of fused-ring (bicyclic) bond motifs is 1. The number of nitrogens with one attached hydrogen (secondary N) is 1. The summed E-state index contributed by atoms with van der Waals surface area (Å²) < 4.78 is 11.5. The summed E-state index contributed by atoms with van der Waals surface area (Å²) in [5.41, 5.74) is 1.72. The zero-order valence-corrected chi connectivity index (χ0v) is 19.5. The minimum atomic E-state index is -0.402. The van der Waals surface area contributed by atoms with Crippen molar-refractivity contribution in [2.75, 3.05) is 19.0 Å². The number of rotatable bonds is 5. The number of hydrogen-bond acceptors (Lipinski definition) is 5. The van der Waals surface area contributed by atoms with Gasteiger partial charge in [0.2, 0.25) is 0 Å². The molecule has 0 saturated carbocycles. The molecule has 29 heavy (non-hydrogen) atoms. The Morgan fingerprint density at radius 3 is 2.55 bits per heavy atom. The Balaban J connectivity index is 1.76. The molecule has 1 unspecified atom stereocenters. The number of esters is 1. The van der Waals surface area contributed by atoms with E-state index in [1.54, 1.807) is 12.1 Å². The van der Waals surface area contributed by atoms with Crippen molar-refractivity contribution in [3.8, 4) is 5.75 Å². The lowest BCUT2D eigenvalue weighted by Crippen LogP contribution is -2.26. The molecule has 1 aromatic carbocycles. The maximum Gasteiger partial charge on any atom is 0.341 e. The van der Waals surface area contributed by atoms with E-state index in [0.29, 0.717) is 22.2 Å². The van der Waals surface area contributed by atoms with Crippen molar-refractivity contribution in [1.29, 1.82) is 0 Å². The fourth-order valence-electron chi connectivity index (χ4n) is 3.57. The Hall–Kier alpha value is -1.86. The molecule has 2 aromatic rings. The number of ether oxygens (including phenoxy) is 2. The number of anilines is 1. The van der Waals surface area contributed by atoms with Crippen LogP contribution in [-0.2, 0) is 22.4 Å². The zero-order chi connectivity index (χ0) is 21.2. The van der Waals surface area contributed by atoms with Gasteiger partial charge in [-0.3, -0.25) is 4.79 Å². The molecule has 5 nitrogen and oxygen atoms in total. The molecule has 3 rings (SSSR count). The molecule has 0 aliphatic heterocycles. The summed E-state index contributed by atoms with van der Waals surface area (Å²) in [4.78, 5) is 26.1. The van der Waals surface area contributed by atoms with Gasteiger partial charge in [-0.05, 0) is 60.4 Å². The Kier molecular flexibility index (Phi) is 6.69. The zero-order valence-electron chi connectivity index (χ0n) is 17.1. The second-order valence-electron chi connectivity index (χ2n) is 8.30. The Morgan fingerprint density at radius 2 is 1.93 bits per heavy atom. The predicted molar refractivity (Wildman–Crippen MR) is 119 cm³/mol. The fourth-order valence-corrected chi connectivity index (χ4v) is 5.17. The molecular weight excluding hydrogens is 454 g/mol. The molecule has 0 radical (unpaired) electrons. The predicted octanol–water partition coefficient (Wildman–Crippen LogP) is 5.47. The van der Waals surface area contributed by atoms with Gasteiger partial charge in [-0.25, -0.2) is 4.79 Å². The molecule has 7 heteroatoms. The van der Waals surface area contributed by atoms with E-state index in [1.165, 1.54) is 23.3 Å². The van der Waals surface area contributed by atoms with Crippen LogP contribution in [0.25, 0.3) is 0 Å². The largest absolute Gasteiger partial charge is 0.484 e. The molecule has 156 valence electrons. The summed E-state index contributed by atoms with van der Waals surface area (Å²) in [5, 5.41) is 3.42. The van der Waals surface area contributed by atoms with Crippen LogP contribution in [0.5, 0.6) is 5.75 Å². The number of thiophene rings is 1. The third-order valence-corrected chi connectivity index (χ3v) is 7.01. The van der Waals surface area contributed by atoms with E-state index in [1.807, 2.05) is 12.1 Å². The van der Waals surface area contributed by atoms with Crippen LogP contribution in [-0.4, -0.2) is 25.6 Å². The van der Waals surface area contributed by atoms with Gasteiger partial charge in [0.1, 0.15) is 10.8 Å². The van der Waals surface area contributed by atoms with Gasteiger partial charge in [-0.15, -0.1) is 11.3 Å². The van der Waals surface area contributed by atoms with E-state index in [4.69, 9.17) is 9.47 Å². The fraction of sp³-hybridized carbons (Fsp3) is 0.455. The molecule has 1 atom stereocenters. The second-order valence-corrected chi connectivity index (χ2v) is 10.3. The van der Waals surface area contributed by atoms with Crippen LogP contribution in [0.2, 0.25) is 0 Å². The number of benzene rings is 1. The highest BCUT2D eigenvalue weighted by Gasteiger charge is 2.34. The first-order valence-corrected chi connectivity index (χ1v) is 11.2. The maximum absolute atomic E-state index is 12.5. The third kappa shape index (κ3) is 5.20. The molecule has 0 spiro atoms. The van der Waals surface area contributed by atoms with Crippen LogP contribution in [0, 0.1) is 11.3 Å². The highest BCUT2D eigenvalue weighted by Crippen LogP contribution is 2.44. The summed E-state index contributed by atoms with van der Waals surface area (Å²) >= 11 is 4.85. The van der Waals surface area contributed by atoms with E-state index >= 15 is 0 Å². The molecule has 1 heterocycles. The first kappa shape index (κ1) is 21.8. The van der Waals surface area contributed by atoms with Gasteiger partial charge < -0.3 is 14.8 Å². The van der Waals surface area contributed by atoms with Gasteiger partial charge in [-0.2, -0.15) is 0 Å². The Morgan fingerprint density at radius 1 is 1.24 bits per heavy atom. The maximum atomic E-state index is 12.5. The van der Waals surface area contributed by atoms with Crippen LogP contribution in [0.1, 0.15) is 48.0 Å². The van der Waals surface area contributed by atoms with E-state index in [2.05, 4.69) is 42.0 Å². The molecule has 1 aromatic heterocycles. The number of hydrogen-bond donors (Lipinski definition) is 1. The molecule has 0 saturated heterocycles. The minimum absolute atomic E-state index is 0.130. The summed E-state index contributed by atoms with van der Waals surface area (Å²) in [7, 11) is 1.37. The van der Waals surface area contributed by atoms with Crippen molar-refractivity contribution in [2.24, 2.45) is 11.3 Å². The highest BCUT2D eigenvalue weighted by atomic mass is 79.9. The smallest absolute Gasteiger partial charge is 0.341 e. The molecule has 0 fully saturated rings. The van der Waals surface area contributed by atoms with Gasteiger partial charge in [0.15, 0.2) is 6.61 Å². The lowest BCUT2D eigenvalue weighted by Gasteiger charge is -2.33. The van der Waals surface area contributed by atoms with Gasteiger partial charge in [0.05, 0.1) is 12.7 Å².